The molecule has 1 aromatic carbocycles. The number of hydrogen-bond donors (Lipinski definition) is 1. The maximum Gasteiger partial charge on any atom is 0.143 e. The van der Waals surface area contributed by atoms with Gasteiger partial charge in [-0.2, -0.15) is 0 Å². The zero-order chi connectivity index (χ0) is 17.6. The molecule has 1 aliphatic heterocycles. The molecule has 0 spiro atoms. The number of rotatable bonds is 2. The van der Waals surface area contributed by atoms with Crippen molar-refractivity contribution in [3.8, 4) is 11.1 Å². The fourth-order valence-electron chi connectivity index (χ4n) is 3.65. The second-order valence-electron chi connectivity index (χ2n) is 6.89. The average Bonchev–Trinajstić information content (AvgIpc) is 3.03. The first-order valence-corrected chi connectivity index (χ1v) is 8.60. The van der Waals surface area contributed by atoms with E-state index in [0.717, 1.165) is 35.5 Å². The van der Waals surface area contributed by atoms with Crippen molar-refractivity contribution in [3.05, 3.63) is 42.6 Å². The summed E-state index contributed by atoms with van der Waals surface area (Å²) >= 11 is 0. The predicted molar refractivity (Wildman–Crippen MR) is 98.2 cm³/mol. The second kappa shape index (κ2) is 6.11. The Morgan fingerprint density at radius 1 is 1.08 bits per heavy atom. The molecule has 1 saturated heterocycles. The normalized spacial score (nSPS) is 21.8. The van der Waals surface area contributed by atoms with Gasteiger partial charge < -0.3 is 9.88 Å². The highest BCUT2D eigenvalue weighted by Crippen LogP contribution is 2.36. The number of hydrogen-bond acceptors (Lipinski definition) is 4. The van der Waals surface area contributed by atoms with E-state index in [1.165, 1.54) is 6.07 Å². The number of nitrogens with zero attached hydrogens (tertiary/aromatic N) is 4. The zero-order valence-electron chi connectivity index (χ0n) is 14.7. The molecule has 0 saturated carbocycles. The molecule has 4 rings (SSSR count). The molecule has 1 aliphatic rings. The molecule has 0 bridgehead atoms. The minimum absolute atomic E-state index is 0.238. The standard InChI is InChI=1S/C19H22FN5/c1-12-10-25(13(2)9-24(12)3)19-17-15(8-21-18(17)22-11-23-19)14-6-4-5-7-16(14)20/h4-8,11-13H,9-10H2,1-3H3,(H,21,22,23)/t12-,13+/m1/s1. The summed E-state index contributed by atoms with van der Waals surface area (Å²) in [5.74, 6) is 0.634. The quantitative estimate of drug-likeness (QED) is 0.778. The molecule has 6 heteroatoms. The van der Waals surface area contributed by atoms with Crippen LogP contribution in [0.15, 0.2) is 36.8 Å². The SMILES string of the molecule is C[C@@H]1CN(c2ncnc3[nH]cc(-c4ccccc4F)c23)[C@@H](C)CN1C. The van der Waals surface area contributed by atoms with Crippen molar-refractivity contribution in [1.29, 1.82) is 0 Å². The molecule has 1 fully saturated rings. The van der Waals surface area contributed by atoms with E-state index >= 15 is 0 Å². The molecule has 2 aromatic heterocycles. The van der Waals surface area contributed by atoms with E-state index in [4.69, 9.17) is 0 Å². The number of halogens is 1. The molecule has 5 nitrogen and oxygen atoms in total. The van der Waals surface area contributed by atoms with Gasteiger partial charge in [0.2, 0.25) is 0 Å². The summed E-state index contributed by atoms with van der Waals surface area (Å²) < 4.78 is 14.4. The van der Waals surface area contributed by atoms with Gasteiger partial charge in [-0.1, -0.05) is 18.2 Å². The first-order valence-electron chi connectivity index (χ1n) is 8.60. The monoisotopic (exact) mass is 339 g/mol. The van der Waals surface area contributed by atoms with Crippen molar-refractivity contribution in [1.82, 2.24) is 19.9 Å². The summed E-state index contributed by atoms with van der Waals surface area (Å²) in [7, 11) is 2.15. The average molecular weight is 339 g/mol. The van der Waals surface area contributed by atoms with Gasteiger partial charge in [0, 0.05) is 42.5 Å². The first-order chi connectivity index (χ1) is 12.1. The maximum absolute atomic E-state index is 14.4. The van der Waals surface area contributed by atoms with Crippen LogP contribution in [0.25, 0.3) is 22.2 Å². The number of benzene rings is 1. The molecule has 3 heterocycles. The summed E-state index contributed by atoms with van der Waals surface area (Å²) in [5, 5.41) is 0.885. The van der Waals surface area contributed by atoms with Crippen molar-refractivity contribution in [2.45, 2.75) is 25.9 Å². The van der Waals surface area contributed by atoms with Crippen LogP contribution in [-0.4, -0.2) is 52.1 Å². The van der Waals surface area contributed by atoms with Gasteiger partial charge in [-0.3, -0.25) is 4.90 Å². The van der Waals surface area contributed by atoms with Crippen molar-refractivity contribution in [2.24, 2.45) is 0 Å². The summed E-state index contributed by atoms with van der Waals surface area (Å²) in [4.78, 5) is 16.8. The third-order valence-corrected chi connectivity index (χ3v) is 5.18. The van der Waals surface area contributed by atoms with Crippen LogP contribution in [0.4, 0.5) is 10.2 Å². The van der Waals surface area contributed by atoms with Crippen LogP contribution in [-0.2, 0) is 0 Å². The third-order valence-electron chi connectivity index (χ3n) is 5.18. The maximum atomic E-state index is 14.4. The van der Waals surface area contributed by atoms with Gasteiger partial charge in [0.05, 0.1) is 5.39 Å². The molecule has 0 amide bonds. The largest absolute Gasteiger partial charge is 0.350 e. The molecule has 1 N–H and O–H groups in total. The van der Waals surface area contributed by atoms with Gasteiger partial charge in [0.1, 0.15) is 23.6 Å². The zero-order valence-corrected chi connectivity index (χ0v) is 14.7. The van der Waals surface area contributed by atoms with Crippen LogP contribution in [0.2, 0.25) is 0 Å². The Morgan fingerprint density at radius 3 is 2.68 bits per heavy atom. The van der Waals surface area contributed by atoms with Gasteiger partial charge in [0.15, 0.2) is 0 Å². The van der Waals surface area contributed by atoms with E-state index in [-0.39, 0.29) is 5.82 Å². The Hall–Kier alpha value is -2.47. The molecule has 130 valence electrons. The lowest BCUT2D eigenvalue weighted by Crippen LogP contribution is -2.55. The van der Waals surface area contributed by atoms with Crippen LogP contribution in [0, 0.1) is 5.82 Å². The van der Waals surface area contributed by atoms with E-state index < -0.39 is 0 Å². The molecule has 0 radical (unpaired) electrons. The van der Waals surface area contributed by atoms with Gasteiger partial charge in [-0.05, 0) is 27.0 Å². The van der Waals surface area contributed by atoms with Crippen LogP contribution in [0.3, 0.4) is 0 Å². The molecule has 25 heavy (non-hydrogen) atoms. The third kappa shape index (κ3) is 2.66. The van der Waals surface area contributed by atoms with Crippen LogP contribution < -0.4 is 4.90 Å². The summed E-state index contributed by atoms with van der Waals surface area (Å²) in [6, 6.07) is 7.58. The Balaban J connectivity index is 1.88. The number of likely N-dealkylation sites (N-methyl/N-ethyl adjacent to an activating group) is 1. The Bertz CT molecular complexity index is 906. The lowest BCUT2D eigenvalue weighted by atomic mass is 10.0. The highest BCUT2D eigenvalue weighted by Gasteiger charge is 2.30. The number of piperazine rings is 1. The van der Waals surface area contributed by atoms with Gasteiger partial charge >= 0.3 is 0 Å². The fraction of sp³-hybridized carbons (Fsp3) is 0.368. The lowest BCUT2D eigenvalue weighted by Gasteiger charge is -2.43. The van der Waals surface area contributed by atoms with Gasteiger partial charge in [-0.15, -0.1) is 0 Å². The topological polar surface area (TPSA) is 48.1 Å². The molecule has 0 unspecified atom stereocenters. The van der Waals surface area contributed by atoms with E-state index in [1.807, 2.05) is 12.3 Å². The summed E-state index contributed by atoms with van der Waals surface area (Å²) in [6.45, 7) is 6.26. The molecular weight excluding hydrogens is 317 g/mol. The summed E-state index contributed by atoms with van der Waals surface area (Å²) in [6.07, 6.45) is 3.40. The van der Waals surface area contributed by atoms with Crippen LogP contribution in [0.5, 0.6) is 0 Å². The van der Waals surface area contributed by atoms with Crippen LogP contribution in [0.1, 0.15) is 13.8 Å². The molecule has 3 aromatic rings. The molecule has 2 atom stereocenters. The van der Waals surface area contributed by atoms with Gasteiger partial charge in [0.25, 0.3) is 0 Å². The van der Waals surface area contributed by atoms with Gasteiger partial charge in [-0.25, -0.2) is 14.4 Å². The minimum atomic E-state index is -0.238. The second-order valence-corrected chi connectivity index (χ2v) is 6.89. The van der Waals surface area contributed by atoms with Crippen molar-refractivity contribution in [2.75, 3.05) is 25.0 Å². The Kier molecular flexibility index (Phi) is 3.92. The number of nitrogens with one attached hydrogen (secondary N) is 1. The first kappa shape index (κ1) is 16.0. The minimum Gasteiger partial charge on any atom is -0.350 e. The van der Waals surface area contributed by atoms with Crippen molar-refractivity contribution >= 4 is 16.9 Å². The number of aromatic nitrogens is 3. The van der Waals surface area contributed by atoms with E-state index in [0.29, 0.717) is 17.6 Å². The van der Waals surface area contributed by atoms with Crippen LogP contribution >= 0.6 is 0 Å². The Morgan fingerprint density at radius 2 is 1.88 bits per heavy atom. The van der Waals surface area contributed by atoms with E-state index in [9.17, 15) is 4.39 Å². The summed E-state index contributed by atoms with van der Waals surface area (Å²) in [5.41, 5.74) is 2.11. The number of aromatic amines is 1. The highest BCUT2D eigenvalue weighted by molar-refractivity contribution is 6.01. The fourth-order valence-corrected chi connectivity index (χ4v) is 3.65. The highest BCUT2D eigenvalue weighted by atomic mass is 19.1. The lowest BCUT2D eigenvalue weighted by molar-refractivity contribution is 0.205. The number of anilines is 1. The van der Waals surface area contributed by atoms with Crippen molar-refractivity contribution < 1.29 is 4.39 Å². The number of fused-ring (bicyclic) bond motifs is 1. The smallest absolute Gasteiger partial charge is 0.143 e. The van der Waals surface area contributed by atoms with E-state index in [1.54, 1.807) is 18.5 Å². The molecule has 0 aliphatic carbocycles. The van der Waals surface area contributed by atoms with Crippen molar-refractivity contribution in [3.63, 3.8) is 0 Å². The molecular formula is C19H22FN5. The van der Waals surface area contributed by atoms with E-state index in [2.05, 4.69) is 45.6 Å². The predicted octanol–water partition coefficient (Wildman–Crippen LogP) is 3.29. The Labute approximate surface area is 146 Å². The number of H-pyrrole nitrogens is 1.